The number of nitrogens with two attached hydrogens (primary N) is 1. The molecular formula is C16H13ClN2O2. The normalized spacial score (nSPS) is 10.8. The quantitative estimate of drug-likeness (QED) is 0.696. The Morgan fingerprint density at radius 1 is 1.24 bits per heavy atom. The van der Waals surface area contributed by atoms with Crippen LogP contribution in [0.3, 0.4) is 0 Å². The zero-order chi connectivity index (χ0) is 15.0. The second-order valence-corrected chi connectivity index (χ2v) is 5.20. The van der Waals surface area contributed by atoms with Crippen molar-refractivity contribution in [3.05, 3.63) is 58.8 Å². The van der Waals surface area contributed by atoms with Gasteiger partial charge in [0.1, 0.15) is 5.58 Å². The molecule has 106 valence electrons. The van der Waals surface area contributed by atoms with Crippen molar-refractivity contribution >= 4 is 39.9 Å². The van der Waals surface area contributed by atoms with Crippen molar-refractivity contribution < 1.29 is 9.21 Å². The third kappa shape index (κ3) is 2.58. The average Bonchev–Trinajstić information content (AvgIpc) is 2.88. The van der Waals surface area contributed by atoms with Crippen LogP contribution in [0.5, 0.6) is 0 Å². The second-order valence-electron chi connectivity index (χ2n) is 4.79. The Hall–Kier alpha value is -2.46. The lowest BCUT2D eigenvalue weighted by Crippen LogP contribution is -2.12. The fourth-order valence-corrected chi connectivity index (χ4v) is 2.28. The lowest BCUT2D eigenvalue weighted by Gasteiger charge is -2.09. The van der Waals surface area contributed by atoms with Gasteiger partial charge in [-0.1, -0.05) is 29.8 Å². The molecule has 0 unspecified atom stereocenters. The maximum atomic E-state index is 12.3. The number of nitrogens with one attached hydrogen (secondary N) is 1. The molecule has 0 radical (unpaired) electrons. The summed E-state index contributed by atoms with van der Waals surface area (Å²) in [6, 6.07) is 12.5. The summed E-state index contributed by atoms with van der Waals surface area (Å²) in [4.78, 5) is 12.3. The van der Waals surface area contributed by atoms with Crippen LogP contribution in [0.15, 0.2) is 46.9 Å². The van der Waals surface area contributed by atoms with E-state index in [1.54, 1.807) is 18.2 Å². The first-order valence-corrected chi connectivity index (χ1v) is 6.78. The number of hydrogen-bond donors (Lipinski definition) is 2. The van der Waals surface area contributed by atoms with Crippen LogP contribution in [0.25, 0.3) is 11.0 Å². The van der Waals surface area contributed by atoms with Crippen molar-refractivity contribution in [1.29, 1.82) is 0 Å². The van der Waals surface area contributed by atoms with Crippen molar-refractivity contribution in [3.63, 3.8) is 0 Å². The molecule has 3 rings (SSSR count). The number of carbonyl (C=O) groups is 1. The smallest absolute Gasteiger partial charge is 0.291 e. The number of aryl methyl sites for hydroxylation is 1. The molecule has 21 heavy (non-hydrogen) atoms. The fraction of sp³-hybridized carbons (Fsp3) is 0.0625. The van der Waals surface area contributed by atoms with Gasteiger partial charge in [0.25, 0.3) is 5.91 Å². The van der Waals surface area contributed by atoms with Gasteiger partial charge in [0, 0.05) is 11.1 Å². The summed E-state index contributed by atoms with van der Waals surface area (Å²) in [7, 11) is 0. The number of benzene rings is 2. The molecule has 3 aromatic rings. The molecule has 0 saturated carbocycles. The van der Waals surface area contributed by atoms with E-state index in [-0.39, 0.29) is 11.7 Å². The molecular weight excluding hydrogens is 288 g/mol. The molecule has 0 aliphatic heterocycles. The van der Waals surface area contributed by atoms with Crippen LogP contribution in [0.4, 0.5) is 11.4 Å². The summed E-state index contributed by atoms with van der Waals surface area (Å²) in [5.74, 6) is -0.0707. The summed E-state index contributed by atoms with van der Waals surface area (Å²) >= 11 is 5.98. The van der Waals surface area contributed by atoms with Gasteiger partial charge in [-0.05, 0) is 36.8 Å². The number of nitrogen functional groups attached to an aromatic ring is 1. The topological polar surface area (TPSA) is 68.3 Å². The number of anilines is 2. The molecule has 0 spiro atoms. The summed E-state index contributed by atoms with van der Waals surface area (Å²) in [6.45, 7) is 1.85. The van der Waals surface area contributed by atoms with Crippen LogP contribution < -0.4 is 11.1 Å². The number of fused-ring (bicyclic) bond motifs is 1. The van der Waals surface area contributed by atoms with Gasteiger partial charge in [-0.2, -0.15) is 0 Å². The highest BCUT2D eigenvalue weighted by molar-refractivity contribution is 6.33. The summed E-state index contributed by atoms with van der Waals surface area (Å²) < 4.78 is 5.53. The highest BCUT2D eigenvalue weighted by Crippen LogP contribution is 2.27. The zero-order valence-electron chi connectivity index (χ0n) is 11.3. The van der Waals surface area contributed by atoms with Gasteiger partial charge in [0.05, 0.1) is 10.7 Å². The van der Waals surface area contributed by atoms with Crippen molar-refractivity contribution in [2.24, 2.45) is 0 Å². The minimum atomic E-state index is -0.324. The number of rotatable bonds is 2. The molecule has 0 atom stereocenters. The second kappa shape index (κ2) is 5.14. The van der Waals surface area contributed by atoms with E-state index in [1.807, 2.05) is 31.2 Å². The largest absolute Gasteiger partial charge is 0.451 e. The Morgan fingerprint density at radius 3 is 2.76 bits per heavy atom. The number of halogens is 1. The van der Waals surface area contributed by atoms with Gasteiger partial charge in [0.2, 0.25) is 0 Å². The van der Waals surface area contributed by atoms with Gasteiger partial charge in [-0.25, -0.2) is 0 Å². The Labute approximate surface area is 126 Å². The number of hydrogen-bond acceptors (Lipinski definition) is 3. The molecule has 0 aliphatic carbocycles. The molecule has 5 heteroatoms. The summed E-state index contributed by atoms with van der Waals surface area (Å²) in [5, 5.41) is 4.07. The molecule has 0 aliphatic rings. The van der Waals surface area contributed by atoms with E-state index in [0.29, 0.717) is 22.0 Å². The number of para-hydroxylation sites is 1. The highest BCUT2D eigenvalue weighted by atomic mass is 35.5. The monoisotopic (exact) mass is 300 g/mol. The van der Waals surface area contributed by atoms with E-state index >= 15 is 0 Å². The highest BCUT2D eigenvalue weighted by Gasteiger charge is 2.14. The van der Waals surface area contributed by atoms with Gasteiger partial charge in [-0.15, -0.1) is 0 Å². The Balaban J connectivity index is 1.91. The van der Waals surface area contributed by atoms with Gasteiger partial charge >= 0.3 is 0 Å². The Morgan fingerprint density at radius 2 is 2.00 bits per heavy atom. The summed E-state index contributed by atoms with van der Waals surface area (Å²) in [6.07, 6.45) is 0. The molecule has 2 aromatic carbocycles. The van der Waals surface area contributed by atoms with Crippen LogP contribution in [-0.4, -0.2) is 5.91 Å². The van der Waals surface area contributed by atoms with Crippen molar-refractivity contribution in [2.45, 2.75) is 6.92 Å². The van der Waals surface area contributed by atoms with Crippen molar-refractivity contribution in [1.82, 2.24) is 0 Å². The zero-order valence-corrected chi connectivity index (χ0v) is 12.1. The minimum Gasteiger partial charge on any atom is -0.451 e. The molecule has 0 saturated heterocycles. The van der Waals surface area contributed by atoms with Crippen LogP contribution in [0.1, 0.15) is 16.1 Å². The molecule has 1 heterocycles. The van der Waals surface area contributed by atoms with E-state index in [4.69, 9.17) is 21.8 Å². The molecule has 0 fully saturated rings. The lowest BCUT2D eigenvalue weighted by atomic mass is 10.1. The van der Waals surface area contributed by atoms with Crippen LogP contribution >= 0.6 is 11.6 Å². The van der Waals surface area contributed by atoms with E-state index < -0.39 is 0 Å². The summed E-state index contributed by atoms with van der Waals surface area (Å²) in [5.41, 5.74) is 8.32. The third-order valence-corrected chi connectivity index (χ3v) is 3.57. The standard InChI is InChI=1S/C16H13ClN2O2/c1-9-6-12(18)11(17)8-13(9)19-16(20)15-7-10-4-2-3-5-14(10)21-15/h2-8H,18H2,1H3,(H,19,20). The maximum Gasteiger partial charge on any atom is 0.291 e. The van der Waals surface area contributed by atoms with E-state index in [2.05, 4.69) is 5.32 Å². The van der Waals surface area contributed by atoms with Gasteiger partial charge in [-0.3, -0.25) is 4.79 Å². The Kier molecular flexibility index (Phi) is 3.31. The maximum absolute atomic E-state index is 12.3. The lowest BCUT2D eigenvalue weighted by molar-refractivity contribution is 0.0998. The molecule has 3 N–H and O–H groups in total. The minimum absolute atomic E-state index is 0.253. The van der Waals surface area contributed by atoms with Crippen molar-refractivity contribution in [2.75, 3.05) is 11.1 Å². The number of furan rings is 1. The van der Waals surface area contributed by atoms with E-state index in [9.17, 15) is 4.79 Å². The SMILES string of the molecule is Cc1cc(N)c(Cl)cc1NC(=O)c1cc2ccccc2o1. The molecule has 4 nitrogen and oxygen atoms in total. The predicted molar refractivity (Wildman–Crippen MR) is 84.8 cm³/mol. The van der Waals surface area contributed by atoms with Gasteiger partial charge in [0.15, 0.2) is 5.76 Å². The molecule has 1 amide bonds. The van der Waals surface area contributed by atoms with Crippen LogP contribution in [-0.2, 0) is 0 Å². The Bertz CT molecular complexity index is 806. The first kappa shape index (κ1) is 13.5. The van der Waals surface area contributed by atoms with Gasteiger partial charge < -0.3 is 15.5 Å². The molecule has 0 bridgehead atoms. The fourth-order valence-electron chi connectivity index (χ4n) is 2.12. The third-order valence-electron chi connectivity index (χ3n) is 3.24. The van der Waals surface area contributed by atoms with E-state index in [0.717, 1.165) is 10.9 Å². The van der Waals surface area contributed by atoms with Crippen molar-refractivity contribution in [3.8, 4) is 0 Å². The first-order valence-electron chi connectivity index (χ1n) is 6.40. The number of amides is 1. The molecule has 1 aromatic heterocycles. The number of carbonyl (C=O) groups excluding carboxylic acids is 1. The average molecular weight is 301 g/mol. The first-order chi connectivity index (χ1) is 10.0. The van der Waals surface area contributed by atoms with E-state index in [1.165, 1.54) is 0 Å². The van der Waals surface area contributed by atoms with Crippen LogP contribution in [0.2, 0.25) is 5.02 Å². The predicted octanol–water partition coefficient (Wildman–Crippen LogP) is 4.23. The van der Waals surface area contributed by atoms with Crippen LogP contribution in [0, 0.1) is 6.92 Å².